The molecule has 0 saturated heterocycles. The summed E-state index contributed by atoms with van der Waals surface area (Å²) in [6.07, 6.45) is 0.659. The summed E-state index contributed by atoms with van der Waals surface area (Å²) in [4.78, 5) is 12.7. The molecule has 0 aliphatic rings. The van der Waals surface area contributed by atoms with Crippen LogP contribution in [0.25, 0.3) is 10.1 Å². The van der Waals surface area contributed by atoms with Crippen molar-refractivity contribution in [2.45, 2.75) is 20.3 Å². The highest BCUT2D eigenvalue weighted by Gasteiger charge is 2.16. The summed E-state index contributed by atoms with van der Waals surface area (Å²) in [5.41, 5.74) is 7.78. The molecule has 0 spiro atoms. The van der Waals surface area contributed by atoms with Crippen molar-refractivity contribution < 1.29 is 4.79 Å². The summed E-state index contributed by atoms with van der Waals surface area (Å²) in [5.74, 6) is 5.60. The number of amides is 1. The van der Waals surface area contributed by atoms with Gasteiger partial charge in [-0.1, -0.05) is 18.2 Å². The van der Waals surface area contributed by atoms with E-state index in [0.29, 0.717) is 23.5 Å². The minimum atomic E-state index is -0.115. The minimum Gasteiger partial charge on any atom is -0.397 e. The van der Waals surface area contributed by atoms with Crippen LogP contribution in [0.3, 0.4) is 0 Å². The molecule has 98 valence electrons. The SMILES string of the molecule is CC#CCCNC(=O)c1sc2c(C)cccc2c1N. The van der Waals surface area contributed by atoms with Gasteiger partial charge in [0.05, 0.1) is 5.69 Å². The number of carbonyl (C=O) groups is 1. The molecule has 1 amide bonds. The van der Waals surface area contributed by atoms with Gasteiger partial charge in [0, 0.05) is 23.1 Å². The summed E-state index contributed by atoms with van der Waals surface area (Å²) >= 11 is 1.45. The van der Waals surface area contributed by atoms with Crippen LogP contribution in [0.2, 0.25) is 0 Å². The molecule has 0 fully saturated rings. The van der Waals surface area contributed by atoms with E-state index in [1.165, 1.54) is 11.3 Å². The highest BCUT2D eigenvalue weighted by Crippen LogP contribution is 2.35. The number of nitrogens with one attached hydrogen (secondary N) is 1. The first-order valence-corrected chi connectivity index (χ1v) is 6.92. The number of benzene rings is 1. The Morgan fingerprint density at radius 2 is 2.26 bits per heavy atom. The molecule has 1 heterocycles. The largest absolute Gasteiger partial charge is 0.397 e. The second-order valence-corrected chi connectivity index (χ2v) is 5.25. The van der Waals surface area contributed by atoms with Crippen LogP contribution in [0.5, 0.6) is 0 Å². The quantitative estimate of drug-likeness (QED) is 0.666. The smallest absolute Gasteiger partial charge is 0.263 e. The monoisotopic (exact) mass is 272 g/mol. The predicted octanol–water partition coefficient (Wildman–Crippen LogP) is 2.94. The Morgan fingerprint density at radius 3 is 2.95 bits per heavy atom. The van der Waals surface area contributed by atoms with Crippen LogP contribution in [0.15, 0.2) is 18.2 Å². The highest BCUT2D eigenvalue weighted by molar-refractivity contribution is 7.21. The standard InChI is InChI=1S/C15H16N2OS/c1-3-4-5-9-17-15(18)14-12(16)11-8-6-7-10(2)13(11)19-14/h6-8H,5,9,16H2,1-2H3,(H,17,18). The molecule has 3 nitrogen and oxygen atoms in total. The molecule has 19 heavy (non-hydrogen) atoms. The van der Waals surface area contributed by atoms with Crippen molar-refractivity contribution in [3.8, 4) is 11.8 Å². The van der Waals surface area contributed by atoms with Crippen LogP contribution in [0.4, 0.5) is 5.69 Å². The number of thiophene rings is 1. The summed E-state index contributed by atoms with van der Waals surface area (Å²) in [6.45, 7) is 4.36. The van der Waals surface area contributed by atoms with Gasteiger partial charge in [0.15, 0.2) is 0 Å². The van der Waals surface area contributed by atoms with E-state index in [4.69, 9.17) is 5.73 Å². The second-order valence-electron chi connectivity index (χ2n) is 4.23. The average molecular weight is 272 g/mol. The molecule has 2 aromatic rings. The zero-order chi connectivity index (χ0) is 13.8. The third-order valence-corrected chi connectivity index (χ3v) is 4.22. The fraction of sp³-hybridized carbons (Fsp3) is 0.267. The molecule has 2 rings (SSSR count). The van der Waals surface area contributed by atoms with Gasteiger partial charge < -0.3 is 11.1 Å². The molecule has 0 unspecified atom stereocenters. The molecular weight excluding hydrogens is 256 g/mol. The lowest BCUT2D eigenvalue weighted by Crippen LogP contribution is -2.24. The number of hydrogen-bond donors (Lipinski definition) is 2. The number of carbonyl (C=O) groups excluding carboxylic acids is 1. The predicted molar refractivity (Wildman–Crippen MR) is 81.4 cm³/mol. The van der Waals surface area contributed by atoms with Gasteiger partial charge in [-0.3, -0.25) is 4.79 Å². The number of anilines is 1. The van der Waals surface area contributed by atoms with Gasteiger partial charge in [-0.2, -0.15) is 0 Å². The molecule has 4 heteroatoms. The van der Waals surface area contributed by atoms with Crippen molar-refractivity contribution in [1.29, 1.82) is 0 Å². The summed E-state index contributed by atoms with van der Waals surface area (Å²) in [5, 5.41) is 3.81. The molecular formula is C15H16N2OS. The molecule has 0 saturated carbocycles. The first-order chi connectivity index (χ1) is 9.15. The van der Waals surface area contributed by atoms with E-state index in [2.05, 4.69) is 17.2 Å². The lowest BCUT2D eigenvalue weighted by molar-refractivity contribution is 0.0959. The average Bonchev–Trinajstić information content (AvgIpc) is 2.74. The number of hydrogen-bond acceptors (Lipinski definition) is 3. The third kappa shape index (κ3) is 2.72. The number of nitrogen functional groups attached to an aromatic ring is 1. The maximum atomic E-state index is 12.1. The van der Waals surface area contributed by atoms with Gasteiger partial charge in [-0.15, -0.1) is 23.2 Å². The van der Waals surface area contributed by atoms with Crippen molar-refractivity contribution in [2.24, 2.45) is 0 Å². The van der Waals surface area contributed by atoms with E-state index in [0.717, 1.165) is 15.6 Å². The van der Waals surface area contributed by atoms with Gasteiger partial charge >= 0.3 is 0 Å². The molecule has 0 radical (unpaired) electrons. The van der Waals surface area contributed by atoms with Crippen molar-refractivity contribution in [2.75, 3.05) is 12.3 Å². The summed E-state index contributed by atoms with van der Waals surface area (Å²) in [7, 11) is 0. The Morgan fingerprint density at radius 1 is 1.47 bits per heavy atom. The Kier molecular flexibility index (Phi) is 4.08. The zero-order valence-corrected chi connectivity index (χ0v) is 11.9. The maximum absolute atomic E-state index is 12.1. The van der Waals surface area contributed by atoms with E-state index in [9.17, 15) is 4.79 Å². The summed E-state index contributed by atoms with van der Waals surface area (Å²) in [6, 6.07) is 5.93. The van der Waals surface area contributed by atoms with E-state index >= 15 is 0 Å². The Bertz CT molecular complexity index is 676. The van der Waals surface area contributed by atoms with Crippen molar-refractivity contribution in [1.82, 2.24) is 5.32 Å². The molecule has 0 atom stereocenters. The summed E-state index contributed by atoms with van der Waals surface area (Å²) < 4.78 is 1.08. The van der Waals surface area contributed by atoms with Crippen molar-refractivity contribution in [3.63, 3.8) is 0 Å². The third-order valence-electron chi connectivity index (χ3n) is 2.87. The molecule has 0 aliphatic carbocycles. The van der Waals surface area contributed by atoms with Crippen molar-refractivity contribution in [3.05, 3.63) is 28.6 Å². The van der Waals surface area contributed by atoms with Gasteiger partial charge in [-0.05, 0) is 19.4 Å². The van der Waals surface area contributed by atoms with Crippen LogP contribution >= 0.6 is 11.3 Å². The normalized spacial score (nSPS) is 10.0. The topological polar surface area (TPSA) is 55.1 Å². The van der Waals surface area contributed by atoms with Crippen LogP contribution in [-0.4, -0.2) is 12.5 Å². The Labute approximate surface area is 116 Å². The molecule has 3 N–H and O–H groups in total. The highest BCUT2D eigenvalue weighted by atomic mass is 32.1. The van der Waals surface area contributed by atoms with Gasteiger partial charge in [0.2, 0.25) is 0 Å². The Balaban J connectivity index is 2.24. The van der Waals surface area contributed by atoms with Crippen molar-refractivity contribution >= 4 is 33.0 Å². The minimum absolute atomic E-state index is 0.115. The maximum Gasteiger partial charge on any atom is 0.263 e. The number of nitrogens with two attached hydrogens (primary N) is 1. The van der Waals surface area contributed by atoms with Gasteiger partial charge in [-0.25, -0.2) is 0 Å². The fourth-order valence-electron chi connectivity index (χ4n) is 1.89. The molecule has 1 aromatic carbocycles. The number of rotatable bonds is 3. The van der Waals surface area contributed by atoms with Crippen LogP contribution in [-0.2, 0) is 0 Å². The molecule has 0 bridgehead atoms. The van der Waals surface area contributed by atoms with Crippen LogP contribution in [0, 0.1) is 18.8 Å². The molecule has 1 aromatic heterocycles. The lowest BCUT2D eigenvalue weighted by Gasteiger charge is -2.01. The first-order valence-electron chi connectivity index (χ1n) is 6.10. The zero-order valence-electron chi connectivity index (χ0n) is 11.0. The van der Waals surface area contributed by atoms with Gasteiger partial charge in [0.1, 0.15) is 4.88 Å². The van der Waals surface area contributed by atoms with Gasteiger partial charge in [0.25, 0.3) is 5.91 Å². The number of aryl methyl sites for hydroxylation is 1. The van der Waals surface area contributed by atoms with E-state index < -0.39 is 0 Å². The molecule has 0 aliphatic heterocycles. The second kappa shape index (κ2) is 5.77. The Hall–Kier alpha value is -1.99. The van der Waals surface area contributed by atoms with Crippen LogP contribution in [0.1, 0.15) is 28.6 Å². The van der Waals surface area contributed by atoms with E-state index in [-0.39, 0.29) is 5.91 Å². The first kappa shape index (κ1) is 13.4. The fourth-order valence-corrected chi connectivity index (χ4v) is 3.00. The van der Waals surface area contributed by atoms with E-state index in [1.807, 2.05) is 25.1 Å². The van der Waals surface area contributed by atoms with Crippen LogP contribution < -0.4 is 11.1 Å². The van der Waals surface area contributed by atoms with E-state index in [1.54, 1.807) is 6.92 Å². The number of fused-ring (bicyclic) bond motifs is 1. The lowest BCUT2D eigenvalue weighted by atomic mass is 10.1.